The number of nitrogens with zero attached hydrogens (tertiary/aromatic N) is 1. The Kier molecular flexibility index (Phi) is 1.56. The zero-order chi connectivity index (χ0) is 7.52. The Morgan fingerprint density at radius 2 is 1.91 bits per heavy atom. The SMILES string of the molecule is C1=Cc2ccncc2C=CC1. The van der Waals surface area contributed by atoms with Crippen LogP contribution >= 0.6 is 0 Å². The van der Waals surface area contributed by atoms with Gasteiger partial charge in [0.1, 0.15) is 0 Å². The van der Waals surface area contributed by atoms with Crippen molar-refractivity contribution in [3.05, 3.63) is 41.7 Å². The summed E-state index contributed by atoms with van der Waals surface area (Å²) in [5.74, 6) is 0. The van der Waals surface area contributed by atoms with Crippen LogP contribution < -0.4 is 0 Å². The van der Waals surface area contributed by atoms with E-state index in [-0.39, 0.29) is 0 Å². The standard InChI is InChI=1S/C10H9N/c1-2-4-9-6-7-11-8-10(9)5-3-1/h2-8H,1H2. The highest BCUT2D eigenvalue weighted by Gasteiger charge is 1.95. The Morgan fingerprint density at radius 1 is 1.09 bits per heavy atom. The minimum absolute atomic E-state index is 1.02. The molecule has 0 spiro atoms. The molecule has 0 fully saturated rings. The van der Waals surface area contributed by atoms with E-state index in [1.165, 1.54) is 11.1 Å². The highest BCUT2D eigenvalue weighted by atomic mass is 14.6. The Hall–Kier alpha value is -1.37. The molecule has 0 N–H and O–H groups in total. The van der Waals surface area contributed by atoms with Crippen LogP contribution in [0.1, 0.15) is 17.5 Å². The molecule has 1 aliphatic rings. The summed E-state index contributed by atoms with van der Waals surface area (Å²) in [5, 5.41) is 0. The van der Waals surface area contributed by atoms with Gasteiger partial charge in [-0.1, -0.05) is 24.3 Å². The number of allylic oxidation sites excluding steroid dienone is 2. The predicted octanol–water partition coefficient (Wildman–Crippen LogP) is 2.51. The number of pyridine rings is 1. The molecule has 1 aliphatic carbocycles. The molecule has 0 amide bonds. The molecule has 1 aromatic heterocycles. The maximum absolute atomic E-state index is 4.05. The van der Waals surface area contributed by atoms with Gasteiger partial charge in [0.05, 0.1) is 0 Å². The maximum atomic E-state index is 4.05. The van der Waals surface area contributed by atoms with E-state index in [1.54, 1.807) is 0 Å². The maximum Gasteiger partial charge on any atom is 0.0346 e. The Bertz CT molecular complexity index is 279. The van der Waals surface area contributed by atoms with Gasteiger partial charge < -0.3 is 0 Å². The molecular weight excluding hydrogens is 134 g/mol. The molecule has 0 atom stereocenters. The molecule has 0 aliphatic heterocycles. The third-order valence-corrected chi connectivity index (χ3v) is 1.75. The molecule has 0 bridgehead atoms. The smallest absolute Gasteiger partial charge is 0.0346 e. The molecule has 0 aromatic carbocycles. The number of fused-ring (bicyclic) bond motifs is 1. The third kappa shape index (κ3) is 1.22. The quantitative estimate of drug-likeness (QED) is 0.543. The zero-order valence-electron chi connectivity index (χ0n) is 6.20. The molecule has 0 saturated carbocycles. The predicted molar refractivity (Wildman–Crippen MR) is 46.9 cm³/mol. The van der Waals surface area contributed by atoms with E-state index in [2.05, 4.69) is 29.3 Å². The van der Waals surface area contributed by atoms with Crippen LogP contribution in [0.5, 0.6) is 0 Å². The van der Waals surface area contributed by atoms with E-state index in [0.717, 1.165) is 6.42 Å². The Balaban J connectivity index is 2.58. The topological polar surface area (TPSA) is 12.9 Å². The van der Waals surface area contributed by atoms with Gasteiger partial charge in [-0.25, -0.2) is 0 Å². The van der Waals surface area contributed by atoms with Gasteiger partial charge in [-0.05, 0) is 23.6 Å². The molecule has 11 heavy (non-hydrogen) atoms. The van der Waals surface area contributed by atoms with Crippen LogP contribution in [0.15, 0.2) is 30.6 Å². The molecule has 0 unspecified atom stereocenters. The first kappa shape index (κ1) is 6.35. The van der Waals surface area contributed by atoms with Crippen molar-refractivity contribution in [1.82, 2.24) is 4.98 Å². The van der Waals surface area contributed by atoms with Crippen LogP contribution in [-0.4, -0.2) is 4.98 Å². The number of hydrogen-bond donors (Lipinski definition) is 0. The lowest BCUT2D eigenvalue weighted by Crippen LogP contribution is -1.79. The van der Waals surface area contributed by atoms with Gasteiger partial charge in [0, 0.05) is 12.4 Å². The van der Waals surface area contributed by atoms with Gasteiger partial charge in [-0.3, -0.25) is 4.98 Å². The zero-order valence-corrected chi connectivity index (χ0v) is 6.20. The van der Waals surface area contributed by atoms with E-state index >= 15 is 0 Å². The molecule has 54 valence electrons. The molecule has 0 radical (unpaired) electrons. The lowest BCUT2D eigenvalue weighted by molar-refractivity contribution is 1.31. The second-order valence-electron chi connectivity index (χ2n) is 2.55. The molecule has 1 heteroatoms. The van der Waals surface area contributed by atoms with E-state index < -0.39 is 0 Å². The second-order valence-corrected chi connectivity index (χ2v) is 2.55. The summed E-state index contributed by atoms with van der Waals surface area (Å²) < 4.78 is 0. The van der Waals surface area contributed by atoms with Crippen LogP contribution in [0, 0.1) is 0 Å². The summed E-state index contributed by atoms with van der Waals surface area (Å²) in [6.45, 7) is 0. The summed E-state index contributed by atoms with van der Waals surface area (Å²) in [7, 11) is 0. The summed E-state index contributed by atoms with van der Waals surface area (Å²) in [5.41, 5.74) is 2.47. The average molecular weight is 143 g/mol. The monoisotopic (exact) mass is 143 g/mol. The van der Waals surface area contributed by atoms with Crippen molar-refractivity contribution in [3.63, 3.8) is 0 Å². The molecule has 2 rings (SSSR count). The van der Waals surface area contributed by atoms with E-state index in [1.807, 2.05) is 18.5 Å². The van der Waals surface area contributed by atoms with Gasteiger partial charge in [-0.15, -0.1) is 0 Å². The summed E-state index contributed by atoms with van der Waals surface area (Å²) in [6, 6.07) is 2.03. The van der Waals surface area contributed by atoms with Crippen LogP contribution in [0.2, 0.25) is 0 Å². The van der Waals surface area contributed by atoms with Crippen molar-refractivity contribution in [2.24, 2.45) is 0 Å². The molecule has 1 aromatic rings. The summed E-state index contributed by atoms with van der Waals surface area (Å²) in [4.78, 5) is 4.05. The fourth-order valence-corrected chi connectivity index (χ4v) is 1.18. The van der Waals surface area contributed by atoms with Crippen molar-refractivity contribution in [3.8, 4) is 0 Å². The minimum atomic E-state index is 1.02. The summed E-state index contributed by atoms with van der Waals surface area (Å²) in [6.07, 6.45) is 13.3. The average Bonchev–Trinajstić information content (AvgIpc) is 2.28. The minimum Gasteiger partial charge on any atom is -0.264 e. The fraction of sp³-hybridized carbons (Fsp3) is 0.100. The largest absolute Gasteiger partial charge is 0.264 e. The van der Waals surface area contributed by atoms with Crippen molar-refractivity contribution < 1.29 is 0 Å². The van der Waals surface area contributed by atoms with Crippen LogP contribution in [-0.2, 0) is 0 Å². The normalized spacial score (nSPS) is 14.2. The van der Waals surface area contributed by atoms with E-state index in [9.17, 15) is 0 Å². The Morgan fingerprint density at radius 3 is 2.82 bits per heavy atom. The highest BCUT2D eigenvalue weighted by molar-refractivity contribution is 5.66. The van der Waals surface area contributed by atoms with Gasteiger partial charge in [0.25, 0.3) is 0 Å². The van der Waals surface area contributed by atoms with Gasteiger partial charge in [0.2, 0.25) is 0 Å². The first-order chi connectivity index (χ1) is 5.47. The fourth-order valence-electron chi connectivity index (χ4n) is 1.18. The molecule has 1 nitrogen and oxygen atoms in total. The van der Waals surface area contributed by atoms with Gasteiger partial charge in [0.15, 0.2) is 0 Å². The van der Waals surface area contributed by atoms with E-state index in [0.29, 0.717) is 0 Å². The van der Waals surface area contributed by atoms with Crippen LogP contribution in [0.25, 0.3) is 12.2 Å². The first-order valence-corrected chi connectivity index (χ1v) is 3.74. The lowest BCUT2D eigenvalue weighted by atomic mass is 10.1. The van der Waals surface area contributed by atoms with Gasteiger partial charge >= 0.3 is 0 Å². The van der Waals surface area contributed by atoms with Crippen molar-refractivity contribution in [2.75, 3.05) is 0 Å². The van der Waals surface area contributed by atoms with Gasteiger partial charge in [-0.2, -0.15) is 0 Å². The third-order valence-electron chi connectivity index (χ3n) is 1.75. The van der Waals surface area contributed by atoms with Crippen molar-refractivity contribution in [1.29, 1.82) is 0 Å². The first-order valence-electron chi connectivity index (χ1n) is 3.74. The lowest BCUT2D eigenvalue weighted by Gasteiger charge is -1.95. The van der Waals surface area contributed by atoms with Crippen molar-refractivity contribution >= 4 is 12.2 Å². The van der Waals surface area contributed by atoms with Crippen molar-refractivity contribution in [2.45, 2.75) is 6.42 Å². The van der Waals surface area contributed by atoms with E-state index in [4.69, 9.17) is 0 Å². The number of rotatable bonds is 0. The van der Waals surface area contributed by atoms with Crippen LogP contribution in [0.3, 0.4) is 0 Å². The summed E-state index contributed by atoms with van der Waals surface area (Å²) >= 11 is 0. The number of aromatic nitrogens is 1. The van der Waals surface area contributed by atoms with Crippen LogP contribution in [0.4, 0.5) is 0 Å². The number of hydrogen-bond acceptors (Lipinski definition) is 1. The highest BCUT2D eigenvalue weighted by Crippen LogP contribution is 2.14. The molecular formula is C10H9N. The molecule has 0 saturated heterocycles. The molecule has 1 heterocycles. The Labute approximate surface area is 66.1 Å². The second kappa shape index (κ2) is 2.70.